The molecule has 0 aromatic heterocycles. The van der Waals surface area contributed by atoms with Crippen LogP contribution < -0.4 is 4.74 Å². The van der Waals surface area contributed by atoms with E-state index in [0.29, 0.717) is 17.9 Å². The van der Waals surface area contributed by atoms with Crippen LogP contribution in [-0.4, -0.2) is 35.6 Å². The Morgan fingerprint density at radius 2 is 1.92 bits per heavy atom. The molecule has 2 rings (SSSR count). The fourth-order valence-corrected chi connectivity index (χ4v) is 2.88. The van der Waals surface area contributed by atoms with Gasteiger partial charge in [-0.05, 0) is 37.1 Å². The standard InChI is InChI=1S/C20H24BrNO3/c1-4-12-25-18-11-10-16(21)13-17(18)20(24)22(3)14(2)19(23)15-8-6-5-7-9-15/h5-11,13-14,19,23H,4,12H2,1-3H3. The van der Waals surface area contributed by atoms with Crippen molar-refractivity contribution < 1.29 is 14.6 Å². The molecular formula is C20H24BrNO3. The smallest absolute Gasteiger partial charge is 0.257 e. The summed E-state index contributed by atoms with van der Waals surface area (Å²) in [7, 11) is 1.70. The number of benzene rings is 2. The molecule has 0 spiro atoms. The lowest BCUT2D eigenvalue weighted by molar-refractivity contribution is 0.0483. The van der Waals surface area contributed by atoms with Gasteiger partial charge in [0.25, 0.3) is 5.91 Å². The lowest BCUT2D eigenvalue weighted by Gasteiger charge is -2.30. The number of aliphatic hydroxyl groups is 1. The maximum absolute atomic E-state index is 13.0. The Morgan fingerprint density at radius 3 is 2.56 bits per heavy atom. The summed E-state index contributed by atoms with van der Waals surface area (Å²) >= 11 is 3.41. The maximum Gasteiger partial charge on any atom is 0.257 e. The summed E-state index contributed by atoms with van der Waals surface area (Å²) < 4.78 is 6.52. The molecule has 1 amide bonds. The van der Waals surface area contributed by atoms with E-state index in [9.17, 15) is 9.90 Å². The second-order valence-corrected chi connectivity index (χ2v) is 6.92. The van der Waals surface area contributed by atoms with Gasteiger partial charge >= 0.3 is 0 Å². The zero-order chi connectivity index (χ0) is 18.4. The van der Waals surface area contributed by atoms with Gasteiger partial charge in [0.15, 0.2) is 0 Å². The molecule has 2 aromatic carbocycles. The lowest BCUT2D eigenvalue weighted by Crippen LogP contribution is -2.39. The zero-order valence-electron chi connectivity index (χ0n) is 14.8. The minimum atomic E-state index is -0.762. The Morgan fingerprint density at radius 1 is 1.24 bits per heavy atom. The van der Waals surface area contributed by atoms with E-state index in [0.717, 1.165) is 16.5 Å². The molecule has 134 valence electrons. The van der Waals surface area contributed by atoms with E-state index in [1.165, 1.54) is 0 Å². The molecule has 4 nitrogen and oxygen atoms in total. The number of hydrogen-bond acceptors (Lipinski definition) is 3. The van der Waals surface area contributed by atoms with E-state index in [1.54, 1.807) is 24.1 Å². The van der Waals surface area contributed by atoms with Crippen LogP contribution in [-0.2, 0) is 0 Å². The molecule has 0 saturated carbocycles. The fraction of sp³-hybridized carbons (Fsp3) is 0.350. The molecule has 0 aliphatic carbocycles. The first-order valence-corrected chi connectivity index (χ1v) is 9.17. The van der Waals surface area contributed by atoms with Gasteiger partial charge in [-0.3, -0.25) is 4.79 Å². The first kappa shape index (κ1) is 19.5. The minimum Gasteiger partial charge on any atom is -0.493 e. The van der Waals surface area contributed by atoms with Crippen molar-refractivity contribution in [3.63, 3.8) is 0 Å². The number of halogens is 1. The summed E-state index contributed by atoms with van der Waals surface area (Å²) in [5.74, 6) is 0.373. The summed E-state index contributed by atoms with van der Waals surface area (Å²) in [5.41, 5.74) is 1.27. The van der Waals surface area contributed by atoms with Crippen LogP contribution >= 0.6 is 15.9 Å². The van der Waals surface area contributed by atoms with Gasteiger partial charge < -0.3 is 14.7 Å². The predicted molar refractivity (Wildman–Crippen MR) is 103 cm³/mol. The van der Waals surface area contributed by atoms with E-state index in [1.807, 2.05) is 50.2 Å². The molecule has 5 heteroatoms. The Kier molecular flexibility index (Phi) is 7.02. The first-order valence-electron chi connectivity index (χ1n) is 8.38. The number of carbonyl (C=O) groups excluding carboxylic acids is 1. The van der Waals surface area contributed by atoms with E-state index in [2.05, 4.69) is 15.9 Å². The average molecular weight is 406 g/mol. The number of rotatable bonds is 7. The van der Waals surface area contributed by atoms with Crippen molar-refractivity contribution in [2.24, 2.45) is 0 Å². The van der Waals surface area contributed by atoms with Crippen molar-refractivity contribution >= 4 is 21.8 Å². The van der Waals surface area contributed by atoms with Gasteiger partial charge in [-0.15, -0.1) is 0 Å². The Balaban J connectivity index is 2.22. The molecule has 2 aromatic rings. The summed E-state index contributed by atoms with van der Waals surface area (Å²) in [6.07, 6.45) is 0.102. The van der Waals surface area contributed by atoms with Crippen molar-refractivity contribution in [1.82, 2.24) is 4.90 Å². The van der Waals surface area contributed by atoms with E-state index >= 15 is 0 Å². The van der Waals surface area contributed by atoms with Gasteiger partial charge in [-0.25, -0.2) is 0 Å². The number of amides is 1. The molecule has 0 aliphatic rings. The van der Waals surface area contributed by atoms with Crippen LogP contribution in [0.15, 0.2) is 53.0 Å². The van der Waals surface area contributed by atoms with Crippen LogP contribution in [0.1, 0.15) is 42.3 Å². The van der Waals surface area contributed by atoms with Crippen molar-refractivity contribution in [2.75, 3.05) is 13.7 Å². The van der Waals surface area contributed by atoms with Crippen molar-refractivity contribution in [1.29, 1.82) is 0 Å². The molecule has 2 unspecified atom stereocenters. The van der Waals surface area contributed by atoms with Crippen LogP contribution in [0.5, 0.6) is 5.75 Å². The number of hydrogen-bond donors (Lipinski definition) is 1. The van der Waals surface area contributed by atoms with Crippen LogP contribution in [0.2, 0.25) is 0 Å². The lowest BCUT2D eigenvalue weighted by atomic mass is 10.0. The molecule has 1 N–H and O–H groups in total. The zero-order valence-corrected chi connectivity index (χ0v) is 16.4. The van der Waals surface area contributed by atoms with Gasteiger partial charge in [-0.1, -0.05) is 53.2 Å². The van der Waals surface area contributed by atoms with Crippen LogP contribution in [0, 0.1) is 0 Å². The van der Waals surface area contributed by atoms with Crippen molar-refractivity contribution in [2.45, 2.75) is 32.4 Å². The van der Waals surface area contributed by atoms with Crippen LogP contribution in [0.4, 0.5) is 0 Å². The Hall–Kier alpha value is -1.85. The second-order valence-electron chi connectivity index (χ2n) is 6.00. The quantitative estimate of drug-likeness (QED) is 0.740. The average Bonchev–Trinajstić information content (AvgIpc) is 2.65. The molecule has 0 fully saturated rings. The summed E-state index contributed by atoms with van der Waals surface area (Å²) in [6.45, 7) is 4.40. The SMILES string of the molecule is CCCOc1ccc(Br)cc1C(=O)N(C)C(C)C(O)c1ccccc1. The van der Waals surface area contributed by atoms with Crippen LogP contribution in [0.25, 0.3) is 0 Å². The third kappa shape index (κ3) is 4.83. The third-order valence-corrected chi connectivity index (χ3v) is 4.66. The predicted octanol–water partition coefficient (Wildman–Crippen LogP) is 4.43. The number of likely N-dealkylation sites (N-methyl/N-ethyl adjacent to an activating group) is 1. The van der Waals surface area contributed by atoms with Gasteiger partial charge in [-0.2, -0.15) is 0 Å². The van der Waals surface area contributed by atoms with Gasteiger partial charge in [0.05, 0.1) is 24.3 Å². The highest BCUT2D eigenvalue weighted by Gasteiger charge is 2.26. The number of nitrogens with zero attached hydrogens (tertiary/aromatic N) is 1. The molecule has 2 atom stereocenters. The van der Waals surface area contributed by atoms with Crippen LogP contribution in [0.3, 0.4) is 0 Å². The third-order valence-electron chi connectivity index (χ3n) is 4.16. The monoisotopic (exact) mass is 405 g/mol. The van der Waals surface area contributed by atoms with E-state index < -0.39 is 6.10 Å². The largest absolute Gasteiger partial charge is 0.493 e. The summed E-state index contributed by atoms with van der Waals surface area (Å²) in [4.78, 5) is 14.5. The van der Waals surface area contributed by atoms with E-state index in [4.69, 9.17) is 4.74 Å². The highest BCUT2D eigenvalue weighted by Crippen LogP contribution is 2.27. The molecule has 0 heterocycles. The minimum absolute atomic E-state index is 0.185. The van der Waals surface area contributed by atoms with Gasteiger partial charge in [0.2, 0.25) is 0 Å². The van der Waals surface area contributed by atoms with E-state index in [-0.39, 0.29) is 11.9 Å². The summed E-state index contributed by atoms with van der Waals surface area (Å²) in [5, 5.41) is 10.6. The first-order chi connectivity index (χ1) is 12.0. The molecule has 0 saturated heterocycles. The number of carbonyl (C=O) groups is 1. The van der Waals surface area contributed by atoms with Crippen molar-refractivity contribution in [3.05, 3.63) is 64.1 Å². The fourth-order valence-electron chi connectivity index (χ4n) is 2.52. The molecule has 0 bridgehead atoms. The molecular weight excluding hydrogens is 382 g/mol. The molecule has 25 heavy (non-hydrogen) atoms. The topological polar surface area (TPSA) is 49.8 Å². The molecule has 0 radical (unpaired) electrons. The Bertz CT molecular complexity index is 705. The highest BCUT2D eigenvalue weighted by atomic mass is 79.9. The van der Waals surface area contributed by atoms with Gasteiger partial charge in [0, 0.05) is 11.5 Å². The maximum atomic E-state index is 13.0. The number of ether oxygens (including phenoxy) is 1. The number of aliphatic hydroxyl groups excluding tert-OH is 1. The second kappa shape index (κ2) is 9.02. The van der Waals surface area contributed by atoms with Gasteiger partial charge in [0.1, 0.15) is 5.75 Å². The highest BCUT2D eigenvalue weighted by molar-refractivity contribution is 9.10. The van der Waals surface area contributed by atoms with Crippen molar-refractivity contribution in [3.8, 4) is 5.75 Å². The molecule has 0 aliphatic heterocycles. The Labute approximate surface area is 157 Å². The normalized spacial score (nSPS) is 13.2. The summed E-state index contributed by atoms with van der Waals surface area (Å²) in [6, 6.07) is 14.4.